The van der Waals surface area contributed by atoms with E-state index in [0.29, 0.717) is 17.7 Å². The molecule has 0 heterocycles. The van der Waals surface area contributed by atoms with E-state index in [1.165, 1.54) is 31.4 Å². The van der Waals surface area contributed by atoms with E-state index in [4.69, 9.17) is 4.74 Å². The lowest BCUT2D eigenvalue weighted by atomic mass is 10.2. The third kappa shape index (κ3) is 7.97. The van der Waals surface area contributed by atoms with Crippen LogP contribution in [0.15, 0.2) is 101 Å². The van der Waals surface area contributed by atoms with Crippen molar-refractivity contribution in [2.24, 2.45) is 0 Å². The van der Waals surface area contributed by atoms with Gasteiger partial charge in [0.05, 0.1) is 44.6 Å². The molecule has 0 atom stereocenters. The molecule has 21 heteroatoms. The van der Waals surface area contributed by atoms with Gasteiger partial charge in [0.1, 0.15) is 5.75 Å². The average molecular weight is 731 g/mol. The van der Waals surface area contributed by atoms with Gasteiger partial charge >= 0.3 is 0 Å². The summed E-state index contributed by atoms with van der Waals surface area (Å²) in [6.07, 6.45) is -0.302. The molecule has 262 valence electrons. The van der Waals surface area contributed by atoms with Gasteiger partial charge in [-0.05, 0) is 36.2 Å². The highest BCUT2D eigenvalue weighted by Gasteiger charge is 2.36. The van der Waals surface area contributed by atoms with Gasteiger partial charge in [-0.2, -0.15) is 4.31 Å². The molecule has 50 heavy (non-hydrogen) atoms. The van der Waals surface area contributed by atoms with Crippen LogP contribution in [0.25, 0.3) is 0 Å². The summed E-state index contributed by atoms with van der Waals surface area (Å²) < 4.78 is 62.9. The number of benzene rings is 4. The molecule has 0 N–H and O–H groups in total. The predicted octanol–water partition coefficient (Wildman–Crippen LogP) is 4.80. The zero-order valence-corrected chi connectivity index (χ0v) is 27.4. The van der Waals surface area contributed by atoms with Crippen LogP contribution in [-0.2, 0) is 26.6 Å². The molecule has 0 fully saturated rings. The maximum atomic E-state index is 14.1. The van der Waals surface area contributed by atoms with Gasteiger partial charge in [-0.25, -0.2) is 16.8 Å². The topological polar surface area (TPSA) is 257 Å². The van der Waals surface area contributed by atoms with Crippen LogP contribution >= 0.6 is 0 Å². The number of nitro benzene ring substituents is 4. The van der Waals surface area contributed by atoms with Crippen molar-refractivity contribution in [1.29, 1.82) is 0 Å². The van der Waals surface area contributed by atoms with Gasteiger partial charge < -0.3 is 4.74 Å². The summed E-state index contributed by atoms with van der Waals surface area (Å²) >= 11 is 0. The van der Waals surface area contributed by atoms with Gasteiger partial charge in [0.15, 0.2) is 9.79 Å². The summed E-state index contributed by atoms with van der Waals surface area (Å²) in [7, 11) is -8.35. The molecule has 0 unspecified atom stereocenters. The Morgan fingerprint density at radius 1 is 0.620 bits per heavy atom. The van der Waals surface area contributed by atoms with Crippen LogP contribution in [0.4, 0.5) is 28.4 Å². The van der Waals surface area contributed by atoms with Gasteiger partial charge in [-0.3, -0.25) is 44.8 Å². The highest BCUT2D eigenvalue weighted by molar-refractivity contribution is 7.93. The van der Waals surface area contributed by atoms with Crippen LogP contribution in [0.5, 0.6) is 5.75 Å². The number of sulfonamides is 2. The normalized spacial score (nSPS) is 11.6. The quantitative estimate of drug-likeness (QED) is 0.111. The molecule has 0 aliphatic carbocycles. The molecule has 0 radical (unpaired) electrons. The zero-order valence-electron chi connectivity index (χ0n) is 25.8. The first-order valence-electron chi connectivity index (χ1n) is 14.1. The van der Waals surface area contributed by atoms with Crippen molar-refractivity contribution in [3.8, 4) is 5.75 Å². The highest BCUT2D eigenvalue weighted by atomic mass is 32.2. The number of ether oxygens (including phenoxy) is 1. The molecule has 0 amide bonds. The summed E-state index contributed by atoms with van der Waals surface area (Å²) in [4.78, 5) is 40.5. The Bertz CT molecular complexity index is 2180. The molecule has 0 spiro atoms. The Balaban J connectivity index is 1.78. The monoisotopic (exact) mass is 730 g/mol. The molecule has 0 bridgehead atoms. The maximum Gasteiger partial charge on any atom is 0.296 e. The maximum absolute atomic E-state index is 14.1. The Labute approximate surface area is 283 Å². The first kappa shape index (κ1) is 36.8. The van der Waals surface area contributed by atoms with Crippen LogP contribution in [0, 0.1) is 40.5 Å². The molecular weight excluding hydrogens is 704 g/mol. The first-order chi connectivity index (χ1) is 23.6. The van der Waals surface area contributed by atoms with Gasteiger partial charge in [0.2, 0.25) is 10.0 Å². The number of methoxy groups -OCH3 is 1. The number of nitro groups is 4. The largest absolute Gasteiger partial charge is 0.497 e. The fraction of sp³-hybridized carbons (Fsp3) is 0.172. The van der Waals surface area contributed by atoms with E-state index in [0.717, 1.165) is 32.9 Å². The number of hydrogen-bond acceptors (Lipinski definition) is 13. The second-order valence-corrected chi connectivity index (χ2v) is 14.0. The van der Waals surface area contributed by atoms with Gasteiger partial charge in [0, 0.05) is 37.8 Å². The molecule has 19 nitrogen and oxygen atoms in total. The SMILES string of the molecule is COc1cccc(N(CCCN(Cc2ccccc2)S(=O)(=O)c2ccc([N+](=O)[O-])cc2[N+](=O)[O-])S(=O)(=O)c2ccc([N+](=O)[O-])cc2[N+](=O)[O-])c1. The van der Waals surface area contributed by atoms with Crippen LogP contribution in [0.2, 0.25) is 0 Å². The fourth-order valence-corrected chi connectivity index (χ4v) is 8.07. The highest BCUT2D eigenvalue weighted by Crippen LogP contribution is 2.35. The van der Waals surface area contributed by atoms with E-state index >= 15 is 0 Å². The first-order valence-corrected chi connectivity index (χ1v) is 17.0. The Morgan fingerprint density at radius 2 is 1.16 bits per heavy atom. The second-order valence-electron chi connectivity index (χ2n) is 10.3. The molecule has 0 saturated carbocycles. The number of anilines is 1. The van der Waals surface area contributed by atoms with Crippen LogP contribution < -0.4 is 9.04 Å². The number of non-ortho nitro benzene ring substituents is 2. The van der Waals surface area contributed by atoms with Crippen molar-refractivity contribution in [2.45, 2.75) is 22.8 Å². The number of nitrogens with zero attached hydrogens (tertiary/aromatic N) is 6. The summed E-state index contributed by atoms with van der Waals surface area (Å²) in [5.41, 5.74) is -3.19. The van der Waals surface area contributed by atoms with Crippen molar-refractivity contribution in [1.82, 2.24) is 4.31 Å². The summed E-state index contributed by atoms with van der Waals surface area (Å²) in [5, 5.41) is 46.3. The molecule has 0 saturated heterocycles. The number of hydrogen-bond donors (Lipinski definition) is 0. The van der Waals surface area contributed by atoms with Crippen molar-refractivity contribution in [3.63, 3.8) is 0 Å². The molecule has 4 aromatic carbocycles. The van der Waals surface area contributed by atoms with Crippen molar-refractivity contribution in [3.05, 3.63) is 137 Å². The molecule has 4 rings (SSSR count). The van der Waals surface area contributed by atoms with E-state index in [2.05, 4.69) is 0 Å². The Kier molecular flexibility index (Phi) is 11.0. The van der Waals surface area contributed by atoms with Crippen molar-refractivity contribution in [2.75, 3.05) is 24.5 Å². The minimum absolute atomic E-state index is 0.0551. The van der Waals surface area contributed by atoms with Gasteiger partial charge in [0.25, 0.3) is 32.8 Å². The summed E-state index contributed by atoms with van der Waals surface area (Å²) in [6.45, 7) is -1.34. The zero-order chi connectivity index (χ0) is 36.8. The molecule has 0 aromatic heterocycles. The lowest BCUT2D eigenvalue weighted by Crippen LogP contribution is -2.37. The summed E-state index contributed by atoms with van der Waals surface area (Å²) in [6, 6.07) is 17.7. The fourth-order valence-electron chi connectivity index (χ4n) is 4.83. The van der Waals surface area contributed by atoms with Crippen molar-refractivity contribution >= 4 is 48.5 Å². The smallest absolute Gasteiger partial charge is 0.296 e. The molecule has 4 aromatic rings. The van der Waals surface area contributed by atoms with E-state index in [1.807, 2.05) is 0 Å². The van der Waals surface area contributed by atoms with Gasteiger partial charge in [-0.15, -0.1) is 0 Å². The lowest BCUT2D eigenvalue weighted by Gasteiger charge is -2.27. The van der Waals surface area contributed by atoms with Crippen molar-refractivity contribution < 1.29 is 41.3 Å². The van der Waals surface area contributed by atoms with Gasteiger partial charge in [-0.1, -0.05) is 36.4 Å². The second kappa shape index (κ2) is 15.0. The summed E-state index contributed by atoms with van der Waals surface area (Å²) in [5.74, 6) is 0.194. The third-order valence-corrected chi connectivity index (χ3v) is 11.0. The average Bonchev–Trinajstić information content (AvgIpc) is 3.09. The molecule has 0 aliphatic rings. The third-order valence-electron chi connectivity index (χ3n) is 7.20. The molecular formula is C29H26N6O13S2. The Morgan fingerprint density at radius 3 is 1.66 bits per heavy atom. The van der Waals surface area contributed by atoms with Crippen LogP contribution in [0.1, 0.15) is 12.0 Å². The van der Waals surface area contributed by atoms with Crippen LogP contribution in [-0.4, -0.2) is 61.0 Å². The van der Waals surface area contributed by atoms with E-state index in [9.17, 15) is 57.3 Å². The lowest BCUT2D eigenvalue weighted by molar-refractivity contribution is -0.396. The van der Waals surface area contributed by atoms with E-state index in [-0.39, 0.29) is 24.4 Å². The van der Waals surface area contributed by atoms with E-state index in [1.54, 1.807) is 30.3 Å². The predicted molar refractivity (Wildman–Crippen MR) is 176 cm³/mol. The molecule has 0 aliphatic heterocycles. The number of rotatable bonds is 16. The minimum Gasteiger partial charge on any atom is -0.497 e. The van der Waals surface area contributed by atoms with E-state index < -0.39 is 85.4 Å². The minimum atomic E-state index is -4.88. The van der Waals surface area contributed by atoms with Crippen LogP contribution in [0.3, 0.4) is 0 Å². The Hall–Kier alpha value is -6.06. The standard InChI is InChI=1S/C29H26N6O13S2/c1-48-25-10-5-9-22(17-25)31(50(46,47)29-14-12-24(33(38)39)19-27(29)35(42)43)16-6-15-30(20-21-7-3-2-4-8-21)49(44,45)28-13-11-23(32(36)37)18-26(28)34(40)41/h2-5,7-14,17-19H,6,15-16,20H2,1H3.